The highest BCUT2D eigenvalue weighted by atomic mass is 79.9. The van der Waals surface area contributed by atoms with E-state index in [0.29, 0.717) is 17.4 Å². The summed E-state index contributed by atoms with van der Waals surface area (Å²) in [7, 11) is 0. The van der Waals surface area contributed by atoms with Crippen LogP contribution in [0.1, 0.15) is 12.5 Å². The quantitative estimate of drug-likeness (QED) is 0.869. The van der Waals surface area contributed by atoms with Crippen LogP contribution in [0.2, 0.25) is 5.02 Å². The molecule has 3 nitrogen and oxygen atoms in total. The van der Waals surface area contributed by atoms with Gasteiger partial charge in [-0.1, -0.05) is 33.6 Å². The summed E-state index contributed by atoms with van der Waals surface area (Å²) in [5.41, 5.74) is 1.00. The van der Waals surface area contributed by atoms with Crippen LogP contribution < -0.4 is 10.1 Å². The maximum atomic E-state index is 6.08. The van der Waals surface area contributed by atoms with Crippen LogP contribution >= 0.6 is 27.5 Å². The van der Waals surface area contributed by atoms with Crippen LogP contribution in [0.25, 0.3) is 0 Å². The Morgan fingerprint density at radius 1 is 1.32 bits per heavy atom. The van der Waals surface area contributed by atoms with Crippen molar-refractivity contribution >= 4 is 33.3 Å². The van der Waals surface area contributed by atoms with Gasteiger partial charge in [0.2, 0.25) is 0 Å². The molecule has 0 amide bonds. The molecular weight excluding hydrogens is 328 g/mol. The fraction of sp³-hybridized carbons (Fsp3) is 0.214. The Hall–Kier alpha value is -1.26. The van der Waals surface area contributed by atoms with Crippen molar-refractivity contribution in [3.05, 3.63) is 51.6 Å². The van der Waals surface area contributed by atoms with Crippen LogP contribution in [0.15, 0.2) is 41.0 Å². The molecule has 2 aromatic rings. The molecule has 100 valence electrons. The molecule has 1 aromatic heterocycles. The first-order chi connectivity index (χ1) is 9.19. The molecule has 2 rings (SSSR count). The Bertz CT molecular complexity index is 546. The number of hydrogen-bond acceptors (Lipinski definition) is 3. The molecule has 0 atom stereocenters. The fourth-order valence-corrected chi connectivity index (χ4v) is 2.28. The van der Waals surface area contributed by atoms with Gasteiger partial charge < -0.3 is 10.1 Å². The van der Waals surface area contributed by atoms with Crippen LogP contribution in [-0.2, 0) is 6.61 Å². The molecule has 0 saturated carbocycles. The van der Waals surface area contributed by atoms with E-state index in [2.05, 4.69) is 26.2 Å². The minimum absolute atomic E-state index is 0.445. The summed E-state index contributed by atoms with van der Waals surface area (Å²) < 4.78 is 6.60. The number of nitrogens with zero attached hydrogens (tertiary/aromatic N) is 1. The van der Waals surface area contributed by atoms with E-state index in [-0.39, 0.29) is 0 Å². The molecule has 0 aliphatic carbocycles. The Balaban J connectivity index is 1.98. The number of hydrogen-bond donors (Lipinski definition) is 1. The zero-order valence-electron chi connectivity index (χ0n) is 10.5. The Labute approximate surface area is 126 Å². The summed E-state index contributed by atoms with van der Waals surface area (Å²) >= 11 is 9.44. The molecule has 0 bridgehead atoms. The number of ether oxygens (including phenoxy) is 1. The van der Waals surface area contributed by atoms with Crippen molar-refractivity contribution in [3.63, 3.8) is 0 Å². The van der Waals surface area contributed by atoms with Gasteiger partial charge in [-0.3, -0.25) is 0 Å². The highest BCUT2D eigenvalue weighted by Gasteiger charge is 2.03. The summed E-state index contributed by atoms with van der Waals surface area (Å²) in [5.74, 6) is 1.54. The molecule has 0 radical (unpaired) electrons. The van der Waals surface area contributed by atoms with Gasteiger partial charge in [-0.15, -0.1) is 0 Å². The van der Waals surface area contributed by atoms with Gasteiger partial charge in [-0.25, -0.2) is 4.98 Å². The van der Waals surface area contributed by atoms with Crippen LogP contribution in [0.4, 0.5) is 5.82 Å². The first-order valence-electron chi connectivity index (χ1n) is 5.95. The van der Waals surface area contributed by atoms with Crippen LogP contribution in [0.5, 0.6) is 5.75 Å². The van der Waals surface area contributed by atoms with E-state index in [1.54, 1.807) is 6.20 Å². The summed E-state index contributed by atoms with van der Waals surface area (Å²) in [6.45, 7) is 3.34. The van der Waals surface area contributed by atoms with E-state index >= 15 is 0 Å². The maximum Gasteiger partial charge on any atom is 0.138 e. The molecule has 0 unspecified atom stereocenters. The van der Waals surface area contributed by atoms with E-state index in [4.69, 9.17) is 16.3 Å². The zero-order chi connectivity index (χ0) is 13.7. The lowest BCUT2D eigenvalue weighted by Crippen LogP contribution is -2.01. The third-order valence-corrected chi connectivity index (χ3v) is 3.26. The maximum absolute atomic E-state index is 6.08. The molecule has 5 heteroatoms. The summed E-state index contributed by atoms with van der Waals surface area (Å²) in [6.07, 6.45) is 1.80. The lowest BCUT2D eigenvalue weighted by atomic mass is 10.3. The second kappa shape index (κ2) is 6.78. The highest BCUT2D eigenvalue weighted by Crippen LogP contribution is 2.28. The van der Waals surface area contributed by atoms with Crippen molar-refractivity contribution in [2.24, 2.45) is 0 Å². The lowest BCUT2D eigenvalue weighted by Gasteiger charge is -2.09. The predicted molar refractivity (Wildman–Crippen MR) is 81.9 cm³/mol. The van der Waals surface area contributed by atoms with Gasteiger partial charge in [0, 0.05) is 22.8 Å². The van der Waals surface area contributed by atoms with E-state index in [1.165, 1.54) is 0 Å². The van der Waals surface area contributed by atoms with Gasteiger partial charge in [0.05, 0.1) is 5.02 Å². The molecule has 1 N–H and O–H groups in total. The van der Waals surface area contributed by atoms with Crippen molar-refractivity contribution in [1.29, 1.82) is 0 Å². The van der Waals surface area contributed by atoms with E-state index in [0.717, 1.165) is 22.4 Å². The minimum atomic E-state index is 0.445. The number of aromatic nitrogens is 1. The second-order valence-corrected chi connectivity index (χ2v) is 5.27. The third kappa shape index (κ3) is 4.11. The monoisotopic (exact) mass is 340 g/mol. The number of halogens is 2. The normalized spacial score (nSPS) is 10.3. The topological polar surface area (TPSA) is 34.1 Å². The second-order valence-electron chi connectivity index (χ2n) is 3.95. The standard InChI is InChI=1S/C14H14BrClN2O/c1-2-17-14-6-3-10(8-18-14)9-19-13-5-4-11(15)7-12(13)16/h3-8H,2,9H2,1H3,(H,17,18). The number of benzene rings is 1. The van der Waals surface area contributed by atoms with Crippen molar-refractivity contribution < 1.29 is 4.74 Å². The highest BCUT2D eigenvalue weighted by molar-refractivity contribution is 9.10. The average molecular weight is 342 g/mol. The van der Waals surface area contributed by atoms with Crippen molar-refractivity contribution in [1.82, 2.24) is 4.98 Å². The number of rotatable bonds is 5. The summed E-state index contributed by atoms with van der Waals surface area (Å²) in [5, 5.41) is 3.74. The molecular formula is C14H14BrClN2O. The first-order valence-corrected chi connectivity index (χ1v) is 7.13. The molecule has 0 fully saturated rings. The molecule has 0 saturated heterocycles. The first kappa shape index (κ1) is 14.2. The Morgan fingerprint density at radius 3 is 2.79 bits per heavy atom. The predicted octanol–water partition coefficient (Wildman–Crippen LogP) is 4.51. The number of pyridine rings is 1. The van der Waals surface area contributed by atoms with E-state index in [1.807, 2.05) is 37.3 Å². The zero-order valence-corrected chi connectivity index (χ0v) is 12.8. The van der Waals surface area contributed by atoms with Gasteiger partial charge in [0.25, 0.3) is 0 Å². The van der Waals surface area contributed by atoms with Crippen molar-refractivity contribution in [3.8, 4) is 5.75 Å². The molecule has 1 heterocycles. The molecule has 1 aromatic carbocycles. The lowest BCUT2D eigenvalue weighted by molar-refractivity contribution is 0.306. The SMILES string of the molecule is CCNc1ccc(COc2ccc(Br)cc2Cl)cn1. The molecule has 0 aliphatic rings. The van der Waals surface area contributed by atoms with Gasteiger partial charge in [-0.2, -0.15) is 0 Å². The molecule has 0 spiro atoms. The summed E-state index contributed by atoms with van der Waals surface area (Å²) in [4.78, 5) is 4.29. The minimum Gasteiger partial charge on any atom is -0.487 e. The molecule has 19 heavy (non-hydrogen) atoms. The number of nitrogens with one attached hydrogen (secondary N) is 1. The average Bonchev–Trinajstić information content (AvgIpc) is 2.40. The van der Waals surface area contributed by atoms with Gasteiger partial charge in [0.15, 0.2) is 0 Å². The van der Waals surface area contributed by atoms with Gasteiger partial charge in [-0.05, 0) is 31.2 Å². The van der Waals surface area contributed by atoms with Gasteiger partial charge >= 0.3 is 0 Å². The van der Waals surface area contributed by atoms with Crippen LogP contribution in [0, 0.1) is 0 Å². The summed E-state index contributed by atoms with van der Waals surface area (Å²) in [6, 6.07) is 9.47. The number of anilines is 1. The fourth-order valence-electron chi connectivity index (χ4n) is 1.55. The Kier molecular flexibility index (Phi) is 5.05. The van der Waals surface area contributed by atoms with Crippen molar-refractivity contribution in [2.75, 3.05) is 11.9 Å². The van der Waals surface area contributed by atoms with Crippen LogP contribution in [0.3, 0.4) is 0 Å². The smallest absolute Gasteiger partial charge is 0.138 e. The van der Waals surface area contributed by atoms with E-state index < -0.39 is 0 Å². The van der Waals surface area contributed by atoms with E-state index in [9.17, 15) is 0 Å². The largest absolute Gasteiger partial charge is 0.487 e. The molecule has 0 aliphatic heterocycles. The van der Waals surface area contributed by atoms with Crippen LogP contribution in [-0.4, -0.2) is 11.5 Å². The van der Waals surface area contributed by atoms with Crippen molar-refractivity contribution in [2.45, 2.75) is 13.5 Å². The van der Waals surface area contributed by atoms with Gasteiger partial charge in [0.1, 0.15) is 18.2 Å². The third-order valence-electron chi connectivity index (χ3n) is 2.47. The Morgan fingerprint density at radius 2 is 2.16 bits per heavy atom.